The Morgan fingerprint density at radius 3 is 2.67 bits per heavy atom. The summed E-state index contributed by atoms with van der Waals surface area (Å²) in [7, 11) is 0. The molecule has 2 aromatic carbocycles. The summed E-state index contributed by atoms with van der Waals surface area (Å²) in [5.41, 5.74) is 3.61. The third kappa shape index (κ3) is 3.08. The molecule has 1 N–H and O–H groups in total. The molecule has 2 aliphatic rings. The number of nitrogens with zero attached hydrogens (tertiary/aromatic N) is 3. The van der Waals surface area contributed by atoms with E-state index >= 15 is 0 Å². The van der Waals surface area contributed by atoms with Crippen molar-refractivity contribution < 1.29 is 14.1 Å². The summed E-state index contributed by atoms with van der Waals surface area (Å²) in [5, 5.41) is 12.4. The number of nitro benzene ring substituents is 1. The number of nitrogens with one attached hydrogen (secondary N) is 1. The number of nitro groups is 1. The van der Waals surface area contributed by atoms with Crippen LogP contribution in [0.15, 0.2) is 36.4 Å². The molecule has 0 aliphatic carbocycles. The fourth-order valence-corrected chi connectivity index (χ4v) is 4.57. The third-order valence-corrected chi connectivity index (χ3v) is 6.09. The fourth-order valence-electron chi connectivity index (χ4n) is 4.57. The van der Waals surface area contributed by atoms with Gasteiger partial charge in [-0.15, -0.1) is 0 Å². The van der Waals surface area contributed by atoms with Gasteiger partial charge in [-0.1, -0.05) is 0 Å². The van der Waals surface area contributed by atoms with Crippen molar-refractivity contribution in [3.8, 4) is 0 Å². The van der Waals surface area contributed by atoms with Gasteiger partial charge in [-0.05, 0) is 43.2 Å². The second-order valence-corrected chi connectivity index (χ2v) is 7.90. The first kappa shape index (κ1) is 18.6. The summed E-state index contributed by atoms with van der Waals surface area (Å²) < 4.78 is 13.7. The lowest BCUT2D eigenvalue weighted by Gasteiger charge is -2.27. The molecule has 30 heavy (non-hydrogen) atoms. The first-order chi connectivity index (χ1) is 14.5. The van der Waals surface area contributed by atoms with E-state index in [1.165, 1.54) is 18.2 Å². The van der Waals surface area contributed by atoms with Gasteiger partial charge in [0, 0.05) is 66.4 Å². The average molecular weight is 408 g/mol. The normalized spacial score (nSPS) is 16.2. The molecule has 0 radical (unpaired) electrons. The lowest BCUT2D eigenvalue weighted by molar-refractivity contribution is -0.384. The average Bonchev–Trinajstić information content (AvgIpc) is 3.40. The minimum Gasteiger partial charge on any atom is -0.366 e. The third-order valence-electron chi connectivity index (χ3n) is 6.09. The van der Waals surface area contributed by atoms with Crippen molar-refractivity contribution in [2.75, 3.05) is 24.5 Å². The molecule has 0 spiro atoms. The second kappa shape index (κ2) is 7.12. The monoisotopic (exact) mass is 408 g/mol. The van der Waals surface area contributed by atoms with Crippen LogP contribution >= 0.6 is 0 Å². The molecule has 0 bridgehead atoms. The van der Waals surface area contributed by atoms with Crippen molar-refractivity contribution in [3.63, 3.8) is 0 Å². The van der Waals surface area contributed by atoms with Crippen LogP contribution in [0, 0.1) is 15.9 Å². The van der Waals surface area contributed by atoms with Crippen LogP contribution in [0.5, 0.6) is 0 Å². The van der Waals surface area contributed by atoms with Crippen LogP contribution in [0.25, 0.3) is 10.9 Å². The minimum absolute atomic E-state index is 0.0328. The Hall–Kier alpha value is -3.42. The molecule has 3 heterocycles. The van der Waals surface area contributed by atoms with Crippen molar-refractivity contribution in [2.45, 2.75) is 25.8 Å². The van der Waals surface area contributed by atoms with Gasteiger partial charge in [0.15, 0.2) is 0 Å². The summed E-state index contributed by atoms with van der Waals surface area (Å²) in [4.78, 5) is 31.4. The maximum Gasteiger partial charge on any atom is 0.293 e. The Morgan fingerprint density at radius 2 is 1.90 bits per heavy atom. The summed E-state index contributed by atoms with van der Waals surface area (Å²) in [6.07, 6.45) is 2.66. The van der Waals surface area contributed by atoms with Gasteiger partial charge in [-0.2, -0.15) is 0 Å². The number of carbonyl (C=O) groups is 1. The second-order valence-electron chi connectivity index (χ2n) is 7.90. The first-order valence-corrected chi connectivity index (χ1v) is 10.1. The molecule has 1 fully saturated rings. The number of halogens is 1. The largest absolute Gasteiger partial charge is 0.366 e. The highest BCUT2D eigenvalue weighted by molar-refractivity contribution is 5.96. The van der Waals surface area contributed by atoms with Crippen molar-refractivity contribution in [3.05, 3.63) is 69.2 Å². The Labute approximate surface area is 172 Å². The lowest BCUT2D eigenvalue weighted by atomic mass is 10.0. The van der Waals surface area contributed by atoms with E-state index in [0.29, 0.717) is 30.8 Å². The molecule has 0 saturated carbocycles. The van der Waals surface area contributed by atoms with Crippen LogP contribution in [0.4, 0.5) is 15.8 Å². The molecule has 8 heteroatoms. The SMILES string of the molecule is O=C(c1ccc(N2CCCC2)c([N+](=O)[O-])c1)N1CCc2[nH]c3ccc(F)cc3c2C1. The van der Waals surface area contributed by atoms with Crippen LogP contribution < -0.4 is 4.90 Å². The molecular weight excluding hydrogens is 387 g/mol. The van der Waals surface area contributed by atoms with E-state index in [0.717, 1.165) is 48.1 Å². The zero-order chi connectivity index (χ0) is 20.8. The van der Waals surface area contributed by atoms with E-state index < -0.39 is 4.92 Å². The summed E-state index contributed by atoms with van der Waals surface area (Å²) in [6, 6.07) is 9.35. The minimum atomic E-state index is -0.415. The van der Waals surface area contributed by atoms with Gasteiger partial charge >= 0.3 is 0 Å². The Morgan fingerprint density at radius 1 is 1.10 bits per heavy atom. The maximum atomic E-state index is 13.7. The van der Waals surface area contributed by atoms with E-state index in [-0.39, 0.29) is 17.4 Å². The predicted octanol–water partition coefficient (Wildman–Crippen LogP) is 4.01. The number of amides is 1. The Balaban J connectivity index is 1.45. The molecule has 154 valence electrons. The number of carbonyl (C=O) groups excluding carboxylic acids is 1. The van der Waals surface area contributed by atoms with Crippen molar-refractivity contribution in [1.82, 2.24) is 9.88 Å². The molecule has 3 aromatic rings. The summed E-state index contributed by atoms with van der Waals surface area (Å²) in [5.74, 6) is -0.566. The van der Waals surface area contributed by atoms with Crippen LogP contribution in [-0.2, 0) is 13.0 Å². The topological polar surface area (TPSA) is 82.5 Å². The van der Waals surface area contributed by atoms with Crippen molar-refractivity contribution in [1.29, 1.82) is 0 Å². The molecule has 5 rings (SSSR count). The van der Waals surface area contributed by atoms with E-state index in [1.54, 1.807) is 23.1 Å². The smallest absolute Gasteiger partial charge is 0.293 e. The molecular formula is C22H21FN4O3. The molecule has 0 atom stereocenters. The maximum absolute atomic E-state index is 13.7. The highest BCUT2D eigenvalue weighted by Crippen LogP contribution is 2.33. The van der Waals surface area contributed by atoms with E-state index in [4.69, 9.17) is 0 Å². The molecule has 1 saturated heterocycles. The fraction of sp³-hybridized carbons (Fsp3) is 0.318. The predicted molar refractivity (Wildman–Crippen MR) is 111 cm³/mol. The molecule has 2 aliphatic heterocycles. The van der Waals surface area contributed by atoms with Crippen LogP contribution in [-0.4, -0.2) is 40.3 Å². The number of fused-ring (bicyclic) bond motifs is 3. The van der Waals surface area contributed by atoms with Gasteiger partial charge in [0.2, 0.25) is 0 Å². The number of benzene rings is 2. The van der Waals surface area contributed by atoms with Crippen LogP contribution in [0.3, 0.4) is 0 Å². The number of H-pyrrole nitrogens is 1. The van der Waals surface area contributed by atoms with E-state index in [9.17, 15) is 19.3 Å². The lowest BCUT2D eigenvalue weighted by Crippen LogP contribution is -2.35. The number of rotatable bonds is 3. The number of anilines is 1. The molecule has 1 amide bonds. The van der Waals surface area contributed by atoms with Gasteiger partial charge in [0.25, 0.3) is 11.6 Å². The van der Waals surface area contributed by atoms with Crippen molar-refractivity contribution >= 4 is 28.2 Å². The van der Waals surface area contributed by atoms with Gasteiger partial charge < -0.3 is 14.8 Å². The highest BCUT2D eigenvalue weighted by Gasteiger charge is 2.28. The Bertz CT molecular complexity index is 1170. The number of aromatic amines is 1. The van der Waals surface area contributed by atoms with Crippen molar-refractivity contribution in [2.24, 2.45) is 0 Å². The first-order valence-electron chi connectivity index (χ1n) is 10.1. The quantitative estimate of drug-likeness (QED) is 0.524. The van der Waals surface area contributed by atoms with Crippen LogP contribution in [0.2, 0.25) is 0 Å². The summed E-state index contributed by atoms with van der Waals surface area (Å²) in [6.45, 7) is 2.43. The Kier molecular flexibility index (Phi) is 4.42. The van der Waals surface area contributed by atoms with Gasteiger partial charge in [-0.3, -0.25) is 14.9 Å². The zero-order valence-electron chi connectivity index (χ0n) is 16.4. The van der Waals surface area contributed by atoms with E-state index in [2.05, 4.69) is 4.98 Å². The standard InChI is InChI=1S/C22H21FN4O3/c23-15-4-5-18-16(12-15)17-13-26(10-7-19(17)24-18)22(28)14-3-6-20(21(11-14)27(29)30)25-8-1-2-9-25/h3-6,11-12,24H,1-2,7-10,13H2. The number of hydrogen-bond donors (Lipinski definition) is 1. The molecule has 7 nitrogen and oxygen atoms in total. The van der Waals surface area contributed by atoms with Gasteiger partial charge in [0.1, 0.15) is 11.5 Å². The highest BCUT2D eigenvalue weighted by atomic mass is 19.1. The summed E-state index contributed by atoms with van der Waals surface area (Å²) >= 11 is 0. The van der Waals surface area contributed by atoms with Crippen LogP contribution in [0.1, 0.15) is 34.5 Å². The molecule has 0 unspecified atom stereocenters. The zero-order valence-corrected chi connectivity index (χ0v) is 16.4. The van der Waals surface area contributed by atoms with E-state index in [1.807, 2.05) is 4.90 Å². The van der Waals surface area contributed by atoms with Gasteiger partial charge in [0.05, 0.1) is 4.92 Å². The number of aromatic nitrogens is 1. The van der Waals surface area contributed by atoms with Gasteiger partial charge in [-0.25, -0.2) is 4.39 Å². The molecule has 1 aromatic heterocycles. The number of hydrogen-bond acceptors (Lipinski definition) is 4.